The number of carbonyl (C=O) groups excluding carboxylic acids is 3. The van der Waals surface area contributed by atoms with E-state index in [1.54, 1.807) is 26.0 Å². The van der Waals surface area contributed by atoms with Crippen LogP contribution < -0.4 is 0 Å². The molecule has 0 spiro atoms. The van der Waals surface area contributed by atoms with Gasteiger partial charge in [0, 0.05) is 21.9 Å². The molecule has 1 fully saturated rings. The van der Waals surface area contributed by atoms with Crippen molar-refractivity contribution in [2.75, 3.05) is 0 Å². The van der Waals surface area contributed by atoms with Crippen LogP contribution in [0.2, 0.25) is 5.02 Å². The SMILES string of the molecule is CC1(C)CCC(=O)C(C(=O)c2ccc(Br)cc2Cl)C1=O. The third-order valence-electron chi connectivity index (χ3n) is 3.71. The van der Waals surface area contributed by atoms with Gasteiger partial charge in [-0.3, -0.25) is 14.4 Å². The van der Waals surface area contributed by atoms with Crippen molar-refractivity contribution in [1.82, 2.24) is 0 Å². The van der Waals surface area contributed by atoms with Gasteiger partial charge in [0.15, 0.2) is 17.3 Å². The fraction of sp³-hybridized carbons (Fsp3) is 0.400. The van der Waals surface area contributed by atoms with Crippen LogP contribution in [0.1, 0.15) is 37.0 Å². The van der Waals surface area contributed by atoms with Gasteiger partial charge < -0.3 is 0 Å². The molecule has 20 heavy (non-hydrogen) atoms. The molecule has 0 amide bonds. The quantitative estimate of drug-likeness (QED) is 0.596. The minimum atomic E-state index is -1.21. The Bertz CT molecular complexity index is 607. The number of benzene rings is 1. The number of Topliss-reactive ketones (excluding diaryl/α,β-unsaturated/α-hetero) is 3. The maximum Gasteiger partial charge on any atom is 0.182 e. The molecule has 1 aromatic rings. The molecule has 0 radical (unpaired) electrons. The van der Waals surface area contributed by atoms with Crippen LogP contribution in [0.4, 0.5) is 0 Å². The van der Waals surface area contributed by atoms with Crippen LogP contribution in [0.3, 0.4) is 0 Å². The second-order valence-electron chi connectivity index (χ2n) is 5.64. The van der Waals surface area contributed by atoms with Crippen LogP contribution >= 0.6 is 27.5 Å². The molecule has 106 valence electrons. The summed E-state index contributed by atoms with van der Waals surface area (Å²) in [5, 5.41) is 0.244. The van der Waals surface area contributed by atoms with Crippen molar-refractivity contribution in [3.8, 4) is 0 Å². The maximum absolute atomic E-state index is 12.5. The molecule has 5 heteroatoms. The van der Waals surface area contributed by atoms with Gasteiger partial charge in [0.1, 0.15) is 5.92 Å². The molecule has 2 rings (SSSR count). The molecule has 0 N–H and O–H groups in total. The summed E-state index contributed by atoms with van der Waals surface area (Å²) in [7, 11) is 0. The lowest BCUT2D eigenvalue weighted by atomic mass is 9.68. The Morgan fingerprint density at radius 3 is 2.60 bits per heavy atom. The van der Waals surface area contributed by atoms with E-state index in [1.165, 1.54) is 6.07 Å². The first kappa shape index (κ1) is 15.4. The van der Waals surface area contributed by atoms with E-state index >= 15 is 0 Å². The van der Waals surface area contributed by atoms with Crippen molar-refractivity contribution in [3.63, 3.8) is 0 Å². The van der Waals surface area contributed by atoms with Gasteiger partial charge in [0.2, 0.25) is 0 Å². The van der Waals surface area contributed by atoms with Crippen LogP contribution in [-0.4, -0.2) is 17.3 Å². The molecular formula is C15H14BrClO3. The Hall–Kier alpha value is -1.00. The maximum atomic E-state index is 12.5. The summed E-state index contributed by atoms with van der Waals surface area (Å²) in [5.41, 5.74) is -0.421. The highest BCUT2D eigenvalue weighted by molar-refractivity contribution is 9.10. The molecule has 1 atom stereocenters. The van der Waals surface area contributed by atoms with E-state index in [0.717, 1.165) is 4.47 Å². The van der Waals surface area contributed by atoms with Crippen molar-refractivity contribution >= 4 is 44.9 Å². The Kier molecular flexibility index (Phi) is 4.17. The average Bonchev–Trinajstić information content (AvgIpc) is 2.35. The predicted octanol–water partition coefficient (Wildman–Crippen LogP) is 3.86. The minimum Gasteiger partial charge on any atom is -0.298 e. The summed E-state index contributed by atoms with van der Waals surface area (Å²) in [6.07, 6.45) is 0.742. The Morgan fingerprint density at radius 1 is 1.35 bits per heavy atom. The molecule has 0 aromatic heterocycles. The summed E-state index contributed by atoms with van der Waals surface area (Å²) < 4.78 is 0.737. The zero-order chi connectivity index (χ0) is 15.1. The Labute approximate surface area is 130 Å². The first-order valence-corrected chi connectivity index (χ1v) is 7.47. The molecule has 1 saturated carbocycles. The molecule has 0 aliphatic heterocycles. The zero-order valence-electron chi connectivity index (χ0n) is 11.2. The summed E-state index contributed by atoms with van der Waals surface area (Å²) in [4.78, 5) is 36.8. The highest BCUT2D eigenvalue weighted by atomic mass is 79.9. The predicted molar refractivity (Wildman–Crippen MR) is 80.0 cm³/mol. The smallest absolute Gasteiger partial charge is 0.182 e. The number of halogens is 2. The molecule has 1 unspecified atom stereocenters. The van der Waals surface area contributed by atoms with Crippen molar-refractivity contribution < 1.29 is 14.4 Å². The van der Waals surface area contributed by atoms with Gasteiger partial charge in [-0.15, -0.1) is 0 Å². The van der Waals surface area contributed by atoms with E-state index in [1.807, 2.05) is 0 Å². The van der Waals surface area contributed by atoms with Crippen LogP contribution in [0.25, 0.3) is 0 Å². The van der Waals surface area contributed by atoms with E-state index in [2.05, 4.69) is 15.9 Å². The molecule has 1 aliphatic carbocycles. The first-order chi connectivity index (χ1) is 9.24. The summed E-state index contributed by atoms with van der Waals surface area (Å²) in [5.74, 6) is -2.32. The van der Waals surface area contributed by atoms with Crippen LogP contribution in [0.15, 0.2) is 22.7 Å². The summed E-state index contributed by atoms with van der Waals surface area (Å²) in [6, 6.07) is 4.79. The second kappa shape index (κ2) is 5.41. The van der Waals surface area contributed by atoms with Gasteiger partial charge in [-0.25, -0.2) is 0 Å². The molecule has 1 aliphatic rings. The summed E-state index contributed by atoms with van der Waals surface area (Å²) >= 11 is 9.29. The summed E-state index contributed by atoms with van der Waals surface area (Å²) in [6.45, 7) is 3.54. The van der Waals surface area contributed by atoms with E-state index in [4.69, 9.17) is 11.6 Å². The second-order valence-corrected chi connectivity index (χ2v) is 6.96. The highest BCUT2D eigenvalue weighted by Gasteiger charge is 2.46. The fourth-order valence-corrected chi connectivity index (χ4v) is 3.12. The van der Waals surface area contributed by atoms with Gasteiger partial charge in [0.25, 0.3) is 0 Å². The lowest BCUT2D eigenvalue weighted by Gasteiger charge is -2.31. The van der Waals surface area contributed by atoms with E-state index < -0.39 is 17.1 Å². The standard InChI is InChI=1S/C15H14BrClO3/c1-15(2)6-5-11(18)12(14(15)20)13(19)9-4-3-8(16)7-10(9)17/h3-4,7,12H,5-6H2,1-2H3. The van der Waals surface area contributed by atoms with E-state index in [-0.39, 0.29) is 28.6 Å². The lowest BCUT2D eigenvalue weighted by molar-refractivity contribution is -0.140. The van der Waals surface area contributed by atoms with Crippen LogP contribution in [0, 0.1) is 11.3 Å². The normalized spacial score (nSPS) is 21.9. The zero-order valence-corrected chi connectivity index (χ0v) is 13.5. The van der Waals surface area contributed by atoms with E-state index in [0.29, 0.717) is 6.42 Å². The molecule has 0 saturated heterocycles. The Balaban J connectivity index is 2.41. The molecule has 3 nitrogen and oxygen atoms in total. The van der Waals surface area contributed by atoms with Gasteiger partial charge >= 0.3 is 0 Å². The van der Waals surface area contributed by atoms with Gasteiger partial charge in [-0.1, -0.05) is 41.4 Å². The lowest BCUT2D eigenvalue weighted by Crippen LogP contribution is -2.44. The van der Waals surface area contributed by atoms with Crippen molar-refractivity contribution in [2.45, 2.75) is 26.7 Å². The molecule has 0 bridgehead atoms. The topological polar surface area (TPSA) is 51.2 Å². The van der Waals surface area contributed by atoms with Gasteiger partial charge in [0.05, 0.1) is 5.02 Å². The highest BCUT2D eigenvalue weighted by Crippen LogP contribution is 2.36. The Morgan fingerprint density at radius 2 is 2.00 bits per heavy atom. The average molecular weight is 358 g/mol. The number of carbonyl (C=O) groups is 3. The van der Waals surface area contributed by atoms with Crippen LogP contribution in [-0.2, 0) is 9.59 Å². The third kappa shape index (κ3) is 2.72. The largest absolute Gasteiger partial charge is 0.298 e. The van der Waals surface area contributed by atoms with Gasteiger partial charge in [-0.05, 0) is 24.6 Å². The number of ketones is 3. The van der Waals surface area contributed by atoms with Crippen molar-refractivity contribution in [1.29, 1.82) is 0 Å². The monoisotopic (exact) mass is 356 g/mol. The minimum absolute atomic E-state index is 0.222. The van der Waals surface area contributed by atoms with Gasteiger partial charge in [-0.2, -0.15) is 0 Å². The number of hydrogen-bond acceptors (Lipinski definition) is 3. The third-order valence-corrected chi connectivity index (χ3v) is 4.51. The molecule has 1 aromatic carbocycles. The number of rotatable bonds is 2. The fourth-order valence-electron chi connectivity index (χ4n) is 2.35. The molecular weight excluding hydrogens is 344 g/mol. The molecule has 0 heterocycles. The first-order valence-electron chi connectivity index (χ1n) is 6.30. The van der Waals surface area contributed by atoms with E-state index in [9.17, 15) is 14.4 Å². The van der Waals surface area contributed by atoms with Crippen molar-refractivity contribution in [3.05, 3.63) is 33.3 Å². The number of hydrogen-bond donors (Lipinski definition) is 0. The van der Waals surface area contributed by atoms with Crippen molar-refractivity contribution in [2.24, 2.45) is 11.3 Å². The van der Waals surface area contributed by atoms with Crippen LogP contribution in [0.5, 0.6) is 0 Å².